The van der Waals surface area contributed by atoms with E-state index in [0.717, 1.165) is 12.0 Å². The molecule has 27 heavy (non-hydrogen) atoms. The zero-order chi connectivity index (χ0) is 19.7. The second-order valence-corrected chi connectivity index (χ2v) is 8.59. The predicted octanol–water partition coefficient (Wildman–Crippen LogP) is 2.69. The van der Waals surface area contributed by atoms with E-state index >= 15 is 0 Å². The van der Waals surface area contributed by atoms with Gasteiger partial charge in [-0.3, -0.25) is 0 Å². The maximum atomic E-state index is 12.8. The molecule has 2 aliphatic carbocycles. The van der Waals surface area contributed by atoms with Crippen molar-refractivity contribution in [2.45, 2.75) is 71.2 Å². The molecule has 1 aliphatic heterocycles. The van der Waals surface area contributed by atoms with E-state index in [1.54, 1.807) is 0 Å². The summed E-state index contributed by atoms with van der Waals surface area (Å²) in [5.41, 5.74) is 0.992. The Hall–Kier alpha value is -1.53. The van der Waals surface area contributed by atoms with Crippen molar-refractivity contribution in [3.8, 4) is 0 Å². The van der Waals surface area contributed by atoms with Gasteiger partial charge in [0.25, 0.3) is 0 Å². The van der Waals surface area contributed by atoms with Crippen molar-refractivity contribution in [1.82, 2.24) is 0 Å². The molecule has 1 saturated carbocycles. The monoisotopic (exact) mass is 380 g/mol. The molecule has 5 unspecified atom stereocenters. The zero-order valence-corrected chi connectivity index (χ0v) is 16.7. The van der Waals surface area contributed by atoms with Crippen LogP contribution in [0.25, 0.3) is 0 Å². The molecule has 1 heterocycles. The van der Waals surface area contributed by atoms with Crippen LogP contribution in [-0.2, 0) is 19.0 Å². The molecule has 5 atom stereocenters. The lowest BCUT2D eigenvalue weighted by Crippen LogP contribution is -2.46. The van der Waals surface area contributed by atoms with Gasteiger partial charge < -0.3 is 24.4 Å². The quantitative estimate of drug-likeness (QED) is 0.730. The number of hydrogen-bond donors (Lipinski definition) is 2. The van der Waals surface area contributed by atoms with E-state index in [0.29, 0.717) is 49.0 Å². The van der Waals surface area contributed by atoms with Crippen LogP contribution in [0.4, 0.5) is 0 Å². The lowest BCUT2D eigenvalue weighted by Gasteiger charge is -2.41. The average molecular weight is 380 g/mol. The summed E-state index contributed by atoms with van der Waals surface area (Å²) in [5, 5.41) is 21.2. The highest BCUT2D eigenvalue weighted by Crippen LogP contribution is 2.40. The number of allylic oxidation sites excluding steroid dienone is 1. The van der Waals surface area contributed by atoms with Crippen molar-refractivity contribution in [2.24, 2.45) is 17.8 Å². The fourth-order valence-electron chi connectivity index (χ4n) is 4.60. The summed E-state index contributed by atoms with van der Waals surface area (Å²) < 4.78 is 17.3. The van der Waals surface area contributed by atoms with E-state index in [-0.39, 0.29) is 24.2 Å². The summed E-state index contributed by atoms with van der Waals surface area (Å²) in [6, 6.07) is 0. The van der Waals surface area contributed by atoms with Gasteiger partial charge in [-0.15, -0.1) is 0 Å². The lowest BCUT2D eigenvalue weighted by atomic mass is 9.78. The lowest BCUT2D eigenvalue weighted by molar-refractivity contribution is -0.151. The van der Waals surface area contributed by atoms with Gasteiger partial charge in [-0.25, -0.2) is 4.79 Å². The summed E-state index contributed by atoms with van der Waals surface area (Å²) in [5.74, 6) is 1.09. The number of methoxy groups -OCH3 is 1. The highest BCUT2D eigenvalue weighted by atomic mass is 16.6. The molecular formula is C21H32O6. The average Bonchev–Trinajstić information content (AvgIpc) is 2.59. The molecular weight excluding hydrogens is 348 g/mol. The molecule has 0 radical (unpaired) electrons. The Morgan fingerprint density at radius 1 is 1.26 bits per heavy atom. The van der Waals surface area contributed by atoms with E-state index < -0.39 is 18.2 Å². The minimum absolute atomic E-state index is 0.00958. The number of carbonyl (C=O) groups excluding carboxylic acids is 1. The molecule has 0 bridgehead atoms. The molecule has 3 rings (SSSR count). The predicted molar refractivity (Wildman–Crippen MR) is 99.5 cm³/mol. The Kier molecular flexibility index (Phi) is 6.16. The van der Waals surface area contributed by atoms with Gasteiger partial charge in [-0.2, -0.15) is 0 Å². The first kappa shape index (κ1) is 20.2. The number of aliphatic hydroxyl groups is 2. The number of hydrogen-bond acceptors (Lipinski definition) is 6. The molecule has 0 amide bonds. The Labute approximate surface area is 161 Å². The molecule has 0 aromatic rings. The minimum Gasteiger partial charge on any atom is -0.496 e. The molecule has 2 N–H and O–H groups in total. The fourth-order valence-corrected chi connectivity index (χ4v) is 4.60. The van der Waals surface area contributed by atoms with E-state index in [1.807, 2.05) is 13.8 Å². The first-order valence-corrected chi connectivity index (χ1v) is 10.0. The van der Waals surface area contributed by atoms with Gasteiger partial charge in [0.1, 0.15) is 23.2 Å². The largest absolute Gasteiger partial charge is 0.496 e. The van der Waals surface area contributed by atoms with E-state index in [2.05, 4.69) is 6.92 Å². The third-order valence-electron chi connectivity index (χ3n) is 5.82. The maximum absolute atomic E-state index is 12.8. The van der Waals surface area contributed by atoms with E-state index in [9.17, 15) is 15.0 Å². The number of cyclic esters (lactones) is 1. The summed E-state index contributed by atoms with van der Waals surface area (Å²) in [6.07, 6.45) is 1.59. The minimum atomic E-state index is -0.666. The van der Waals surface area contributed by atoms with E-state index in [4.69, 9.17) is 14.2 Å². The van der Waals surface area contributed by atoms with Crippen LogP contribution in [0, 0.1) is 17.8 Å². The van der Waals surface area contributed by atoms with Gasteiger partial charge in [0.05, 0.1) is 25.9 Å². The zero-order valence-electron chi connectivity index (χ0n) is 16.7. The van der Waals surface area contributed by atoms with Crippen LogP contribution in [0.5, 0.6) is 0 Å². The van der Waals surface area contributed by atoms with Gasteiger partial charge in [-0.05, 0) is 37.5 Å². The SMILES string of the molecule is COC1=C(C(O)CC(C)C)CCC2=C1C(=O)OCC1CC(C)CC(O)C1O2. The van der Waals surface area contributed by atoms with Crippen LogP contribution in [0.2, 0.25) is 0 Å². The number of esters is 1. The van der Waals surface area contributed by atoms with Crippen molar-refractivity contribution in [2.75, 3.05) is 13.7 Å². The van der Waals surface area contributed by atoms with Gasteiger partial charge >= 0.3 is 5.97 Å². The molecule has 0 spiro atoms. The van der Waals surface area contributed by atoms with E-state index in [1.165, 1.54) is 7.11 Å². The smallest absolute Gasteiger partial charge is 0.345 e. The Morgan fingerprint density at radius 2 is 2.00 bits per heavy atom. The standard InChI is InChI=1S/C21H32O6/c1-11(2)7-15(22)14-5-6-17-18(20(14)25-4)21(24)26-10-13-8-12(3)9-16(23)19(13)27-17/h11-13,15-16,19,22-23H,5-10H2,1-4H3. The highest BCUT2D eigenvalue weighted by molar-refractivity contribution is 5.94. The maximum Gasteiger partial charge on any atom is 0.345 e. The fraction of sp³-hybridized carbons (Fsp3) is 0.762. The van der Waals surface area contributed by atoms with Gasteiger partial charge in [0.15, 0.2) is 0 Å². The summed E-state index contributed by atoms with van der Waals surface area (Å²) in [7, 11) is 1.50. The van der Waals surface area contributed by atoms with Crippen LogP contribution in [0.3, 0.4) is 0 Å². The van der Waals surface area contributed by atoms with Crippen LogP contribution < -0.4 is 0 Å². The van der Waals surface area contributed by atoms with Gasteiger partial charge in [-0.1, -0.05) is 20.8 Å². The summed E-state index contributed by atoms with van der Waals surface area (Å²) in [4.78, 5) is 12.8. The van der Waals surface area contributed by atoms with Crippen LogP contribution in [-0.4, -0.2) is 48.2 Å². The first-order chi connectivity index (χ1) is 12.8. The number of rotatable bonds is 4. The molecule has 1 fully saturated rings. The molecule has 0 aromatic heterocycles. The number of fused-ring (bicyclic) bond motifs is 1. The van der Waals surface area contributed by atoms with Crippen LogP contribution in [0.1, 0.15) is 52.9 Å². The summed E-state index contributed by atoms with van der Waals surface area (Å²) in [6.45, 7) is 6.41. The van der Waals surface area contributed by atoms with Crippen molar-refractivity contribution in [1.29, 1.82) is 0 Å². The van der Waals surface area contributed by atoms with Crippen LogP contribution >= 0.6 is 0 Å². The number of ether oxygens (including phenoxy) is 3. The van der Waals surface area contributed by atoms with Crippen molar-refractivity contribution in [3.63, 3.8) is 0 Å². The normalized spacial score (nSPS) is 32.8. The summed E-state index contributed by atoms with van der Waals surface area (Å²) >= 11 is 0. The molecule has 6 nitrogen and oxygen atoms in total. The Morgan fingerprint density at radius 3 is 2.67 bits per heavy atom. The van der Waals surface area contributed by atoms with Crippen molar-refractivity contribution in [3.05, 3.63) is 22.7 Å². The van der Waals surface area contributed by atoms with Gasteiger partial charge in [0, 0.05) is 17.9 Å². The van der Waals surface area contributed by atoms with Crippen LogP contribution in [0.15, 0.2) is 22.7 Å². The molecule has 6 heteroatoms. The second kappa shape index (κ2) is 8.23. The first-order valence-electron chi connectivity index (χ1n) is 10.0. The molecule has 0 saturated heterocycles. The Balaban J connectivity index is 1.96. The number of carbonyl (C=O) groups is 1. The number of aliphatic hydroxyl groups excluding tert-OH is 2. The highest BCUT2D eigenvalue weighted by Gasteiger charge is 2.42. The topological polar surface area (TPSA) is 85.2 Å². The molecule has 3 aliphatic rings. The van der Waals surface area contributed by atoms with Gasteiger partial charge in [0.2, 0.25) is 0 Å². The third kappa shape index (κ3) is 4.16. The van der Waals surface area contributed by atoms with Crippen molar-refractivity contribution < 1.29 is 29.2 Å². The molecule has 0 aromatic carbocycles. The van der Waals surface area contributed by atoms with Crippen molar-refractivity contribution >= 4 is 5.97 Å². The Bertz CT molecular complexity index is 635. The second-order valence-electron chi connectivity index (χ2n) is 8.59. The molecule has 152 valence electrons. The third-order valence-corrected chi connectivity index (χ3v) is 5.82.